The molecule has 0 aliphatic rings. The molecule has 2 rings (SSSR count). The van der Waals surface area contributed by atoms with Crippen molar-refractivity contribution in [3.8, 4) is 0 Å². The molecule has 0 fully saturated rings. The Morgan fingerprint density at radius 2 is 1.21 bits per heavy atom. The maximum atomic E-state index is 13.3. The summed E-state index contributed by atoms with van der Waals surface area (Å²) in [6.45, 7) is 11.1. The molecule has 0 saturated heterocycles. The molecule has 0 bridgehead atoms. The second-order valence-corrected chi connectivity index (χ2v) is 9.21. The van der Waals surface area contributed by atoms with Crippen LogP contribution in [-0.2, 0) is 9.53 Å². The van der Waals surface area contributed by atoms with Crippen molar-refractivity contribution in [2.45, 2.75) is 59.2 Å². The van der Waals surface area contributed by atoms with Gasteiger partial charge < -0.3 is 15.4 Å². The van der Waals surface area contributed by atoms with Crippen molar-refractivity contribution < 1.29 is 14.3 Å². The van der Waals surface area contributed by atoms with E-state index >= 15 is 0 Å². The smallest absolute Gasteiger partial charge is 0.408 e. The van der Waals surface area contributed by atoms with Gasteiger partial charge in [-0.25, -0.2) is 4.79 Å². The first-order valence-electron chi connectivity index (χ1n) is 9.87. The van der Waals surface area contributed by atoms with E-state index < -0.39 is 23.2 Å². The standard InChI is InChI=1S/C24H32N2O3/c1-23(2,3)20(26-22(28)29-24(4,5)6)21(27)25-19(17-13-9-7-10-14-17)18-15-11-8-12-16-18/h7-16,19-20H,1-6H3,(H,25,27)(H,26,28)/t20-/m1/s1. The largest absolute Gasteiger partial charge is 0.444 e. The van der Waals surface area contributed by atoms with Crippen LogP contribution in [0.3, 0.4) is 0 Å². The van der Waals surface area contributed by atoms with Crippen molar-refractivity contribution in [2.75, 3.05) is 0 Å². The number of alkyl carbamates (subject to hydrolysis) is 1. The summed E-state index contributed by atoms with van der Waals surface area (Å²) in [5, 5.41) is 5.86. The normalized spacial score (nSPS) is 12.9. The molecule has 0 aliphatic heterocycles. The van der Waals surface area contributed by atoms with Gasteiger partial charge in [-0.15, -0.1) is 0 Å². The lowest BCUT2D eigenvalue weighted by molar-refractivity contribution is -0.126. The molecule has 0 spiro atoms. The van der Waals surface area contributed by atoms with Gasteiger partial charge in [-0.05, 0) is 37.3 Å². The Morgan fingerprint density at radius 3 is 1.59 bits per heavy atom. The maximum Gasteiger partial charge on any atom is 0.408 e. The molecule has 2 aromatic rings. The lowest BCUT2D eigenvalue weighted by Gasteiger charge is -2.33. The van der Waals surface area contributed by atoms with Crippen LogP contribution in [0.5, 0.6) is 0 Å². The lowest BCUT2D eigenvalue weighted by atomic mass is 9.85. The van der Waals surface area contributed by atoms with E-state index in [0.717, 1.165) is 11.1 Å². The molecule has 156 valence electrons. The summed E-state index contributed by atoms with van der Waals surface area (Å²) < 4.78 is 5.36. The molecule has 2 N–H and O–H groups in total. The topological polar surface area (TPSA) is 67.4 Å². The van der Waals surface area contributed by atoms with Gasteiger partial charge >= 0.3 is 6.09 Å². The fourth-order valence-electron chi connectivity index (χ4n) is 2.98. The van der Waals surface area contributed by atoms with Crippen LogP contribution in [0.25, 0.3) is 0 Å². The summed E-state index contributed by atoms with van der Waals surface area (Å²) >= 11 is 0. The summed E-state index contributed by atoms with van der Waals surface area (Å²) in [6.07, 6.45) is -0.608. The van der Waals surface area contributed by atoms with Gasteiger partial charge in [0.05, 0.1) is 6.04 Å². The molecule has 29 heavy (non-hydrogen) atoms. The van der Waals surface area contributed by atoms with Crippen molar-refractivity contribution in [1.29, 1.82) is 0 Å². The number of amides is 2. The minimum absolute atomic E-state index is 0.263. The number of hydrogen-bond donors (Lipinski definition) is 2. The highest BCUT2D eigenvalue weighted by molar-refractivity contribution is 5.87. The van der Waals surface area contributed by atoms with Crippen molar-refractivity contribution in [2.24, 2.45) is 5.41 Å². The minimum Gasteiger partial charge on any atom is -0.444 e. The van der Waals surface area contributed by atoms with Crippen molar-refractivity contribution in [3.05, 3.63) is 71.8 Å². The van der Waals surface area contributed by atoms with Crippen LogP contribution in [0.4, 0.5) is 4.79 Å². The molecule has 1 atom stereocenters. The van der Waals surface area contributed by atoms with Gasteiger partial charge in [-0.3, -0.25) is 4.79 Å². The minimum atomic E-state index is -0.757. The van der Waals surface area contributed by atoms with Crippen LogP contribution in [0.2, 0.25) is 0 Å². The second kappa shape index (κ2) is 9.12. The third-order valence-electron chi connectivity index (χ3n) is 4.34. The van der Waals surface area contributed by atoms with E-state index in [9.17, 15) is 9.59 Å². The zero-order chi connectivity index (χ0) is 21.7. The van der Waals surface area contributed by atoms with Crippen LogP contribution in [0.15, 0.2) is 60.7 Å². The number of nitrogens with one attached hydrogen (secondary N) is 2. The summed E-state index contributed by atoms with van der Waals surface area (Å²) in [4.78, 5) is 25.6. The Balaban J connectivity index is 2.28. The van der Waals surface area contributed by atoms with E-state index in [1.165, 1.54) is 0 Å². The van der Waals surface area contributed by atoms with Gasteiger partial charge in [0.25, 0.3) is 0 Å². The first-order valence-corrected chi connectivity index (χ1v) is 9.87. The summed E-state index contributed by atoms with van der Waals surface area (Å²) in [5.41, 5.74) is 0.798. The number of carbonyl (C=O) groups is 2. The van der Waals surface area contributed by atoms with Gasteiger partial charge in [0.15, 0.2) is 0 Å². The Hall–Kier alpha value is -2.82. The SMILES string of the molecule is CC(C)(C)OC(=O)N[C@H](C(=O)NC(c1ccccc1)c1ccccc1)C(C)(C)C. The second-order valence-electron chi connectivity index (χ2n) is 9.21. The van der Waals surface area contributed by atoms with Crippen molar-refractivity contribution in [3.63, 3.8) is 0 Å². The highest BCUT2D eigenvalue weighted by Crippen LogP contribution is 2.25. The zero-order valence-electron chi connectivity index (χ0n) is 18.2. The van der Waals surface area contributed by atoms with E-state index in [-0.39, 0.29) is 11.9 Å². The summed E-state index contributed by atoms with van der Waals surface area (Å²) in [7, 11) is 0. The fraction of sp³-hybridized carbons (Fsp3) is 0.417. The van der Waals surface area contributed by atoms with Crippen LogP contribution in [0.1, 0.15) is 58.7 Å². The van der Waals surface area contributed by atoms with E-state index in [1.807, 2.05) is 81.4 Å². The Labute approximate surface area is 173 Å². The highest BCUT2D eigenvalue weighted by Gasteiger charge is 2.35. The summed E-state index contributed by atoms with van der Waals surface area (Å²) in [6, 6.07) is 18.5. The predicted octanol–water partition coefficient (Wildman–Crippen LogP) is 4.83. The van der Waals surface area contributed by atoms with Crippen LogP contribution in [-0.4, -0.2) is 23.6 Å². The number of rotatable bonds is 5. The van der Waals surface area contributed by atoms with E-state index in [0.29, 0.717) is 0 Å². The maximum absolute atomic E-state index is 13.3. The molecule has 0 heterocycles. The monoisotopic (exact) mass is 396 g/mol. The highest BCUT2D eigenvalue weighted by atomic mass is 16.6. The predicted molar refractivity (Wildman–Crippen MR) is 115 cm³/mol. The molecular weight excluding hydrogens is 364 g/mol. The van der Waals surface area contributed by atoms with Gasteiger partial charge in [-0.2, -0.15) is 0 Å². The molecular formula is C24H32N2O3. The fourth-order valence-corrected chi connectivity index (χ4v) is 2.98. The van der Waals surface area contributed by atoms with Gasteiger partial charge in [0.1, 0.15) is 11.6 Å². The Morgan fingerprint density at radius 1 is 0.759 bits per heavy atom. The Kier molecular flexibility index (Phi) is 7.07. The van der Waals surface area contributed by atoms with Crippen LogP contribution < -0.4 is 10.6 Å². The molecule has 0 unspecified atom stereocenters. The number of hydrogen-bond acceptors (Lipinski definition) is 3. The third kappa shape index (κ3) is 6.93. The van der Waals surface area contributed by atoms with E-state index in [1.54, 1.807) is 20.8 Å². The third-order valence-corrected chi connectivity index (χ3v) is 4.34. The van der Waals surface area contributed by atoms with Gasteiger partial charge in [0, 0.05) is 0 Å². The average Bonchev–Trinajstić information content (AvgIpc) is 2.63. The van der Waals surface area contributed by atoms with Crippen molar-refractivity contribution >= 4 is 12.0 Å². The molecule has 2 amide bonds. The van der Waals surface area contributed by atoms with E-state index in [4.69, 9.17) is 4.74 Å². The molecule has 5 heteroatoms. The molecule has 0 aliphatic carbocycles. The zero-order valence-corrected chi connectivity index (χ0v) is 18.2. The number of ether oxygens (including phenoxy) is 1. The number of benzene rings is 2. The molecule has 2 aromatic carbocycles. The molecule has 5 nitrogen and oxygen atoms in total. The summed E-state index contributed by atoms with van der Waals surface area (Å²) in [5.74, 6) is -0.263. The van der Waals surface area contributed by atoms with Crippen LogP contribution in [0, 0.1) is 5.41 Å². The quantitative estimate of drug-likeness (QED) is 0.760. The first kappa shape index (κ1) is 22.5. The number of carbonyl (C=O) groups excluding carboxylic acids is 2. The van der Waals surface area contributed by atoms with Crippen molar-refractivity contribution in [1.82, 2.24) is 10.6 Å². The van der Waals surface area contributed by atoms with Gasteiger partial charge in [-0.1, -0.05) is 81.4 Å². The Bertz CT molecular complexity index is 766. The molecule has 0 radical (unpaired) electrons. The first-order chi connectivity index (χ1) is 13.5. The van der Waals surface area contributed by atoms with Gasteiger partial charge in [0.2, 0.25) is 5.91 Å². The molecule has 0 saturated carbocycles. The molecule has 0 aromatic heterocycles. The lowest BCUT2D eigenvalue weighted by Crippen LogP contribution is -2.55. The van der Waals surface area contributed by atoms with Crippen LogP contribution >= 0.6 is 0 Å². The average molecular weight is 397 g/mol. The van der Waals surface area contributed by atoms with E-state index in [2.05, 4.69) is 10.6 Å².